The summed E-state index contributed by atoms with van der Waals surface area (Å²) in [6, 6.07) is 0. The molecule has 3 unspecified atom stereocenters. The summed E-state index contributed by atoms with van der Waals surface area (Å²) in [5.41, 5.74) is -1.14. The van der Waals surface area contributed by atoms with Crippen LogP contribution in [0.15, 0.2) is 15.8 Å². The third kappa shape index (κ3) is 5.19. The Morgan fingerprint density at radius 1 is 1.10 bits per heavy atom. The lowest BCUT2D eigenvalue weighted by Crippen LogP contribution is -2.39. The van der Waals surface area contributed by atoms with E-state index in [-0.39, 0.29) is 24.2 Å². The normalized spacial score (nSPS) is 32.4. The first-order valence-electron chi connectivity index (χ1n) is 10.7. The molecule has 0 radical (unpaired) electrons. The highest BCUT2D eigenvalue weighted by Crippen LogP contribution is 2.33. The van der Waals surface area contributed by atoms with Crippen LogP contribution in [0.2, 0.25) is 0 Å². The van der Waals surface area contributed by atoms with Crippen molar-refractivity contribution >= 4 is 0 Å². The molecule has 0 amide bonds. The van der Waals surface area contributed by atoms with Gasteiger partial charge >= 0.3 is 5.69 Å². The van der Waals surface area contributed by atoms with E-state index < -0.39 is 30.2 Å². The predicted molar refractivity (Wildman–Crippen MR) is 104 cm³/mol. The van der Waals surface area contributed by atoms with E-state index in [1.165, 1.54) is 10.8 Å². The maximum Gasteiger partial charge on any atom is 0.330 e. The Labute approximate surface area is 174 Å². The number of H-pyrrole nitrogens is 1. The quantitative estimate of drug-likeness (QED) is 0.656. The zero-order valence-electron chi connectivity index (χ0n) is 17.0. The Morgan fingerprint density at radius 2 is 1.83 bits per heavy atom. The number of aromatic nitrogens is 2. The molecule has 1 aromatic rings. The van der Waals surface area contributed by atoms with E-state index in [1.807, 2.05) is 0 Å². The zero-order valence-corrected chi connectivity index (χ0v) is 17.0. The molecule has 3 aliphatic rings. The van der Waals surface area contributed by atoms with Crippen LogP contribution in [0.25, 0.3) is 0 Å². The topological polar surface area (TPSA) is 121 Å². The lowest BCUT2D eigenvalue weighted by Gasteiger charge is -2.28. The van der Waals surface area contributed by atoms with Gasteiger partial charge in [0.15, 0.2) is 18.8 Å². The van der Waals surface area contributed by atoms with Crippen molar-refractivity contribution in [3.05, 3.63) is 32.6 Å². The van der Waals surface area contributed by atoms with Crippen molar-refractivity contribution in [2.45, 2.75) is 82.6 Å². The molecule has 3 fully saturated rings. The first kappa shape index (κ1) is 21.7. The molecule has 0 saturated carbocycles. The number of rotatable bonds is 7. The van der Waals surface area contributed by atoms with Gasteiger partial charge in [-0.1, -0.05) is 0 Å². The molecule has 0 aromatic carbocycles. The van der Waals surface area contributed by atoms with E-state index in [2.05, 4.69) is 4.98 Å². The van der Waals surface area contributed by atoms with Crippen LogP contribution in [0.4, 0.5) is 0 Å². The van der Waals surface area contributed by atoms with Crippen molar-refractivity contribution in [2.24, 2.45) is 0 Å². The predicted octanol–water partition coefficient (Wildman–Crippen LogP) is 0.771. The highest BCUT2D eigenvalue weighted by Gasteiger charge is 2.40. The molecule has 3 aliphatic heterocycles. The second-order valence-electron chi connectivity index (χ2n) is 7.96. The third-order valence-electron chi connectivity index (χ3n) is 5.70. The fraction of sp³-hybridized carbons (Fsp3) is 0.800. The Bertz CT molecular complexity index is 797. The Kier molecular flexibility index (Phi) is 7.34. The fourth-order valence-corrected chi connectivity index (χ4v) is 4.09. The lowest BCUT2D eigenvalue weighted by atomic mass is 10.1. The van der Waals surface area contributed by atoms with Crippen LogP contribution in [0.3, 0.4) is 0 Å². The maximum absolute atomic E-state index is 12.5. The minimum absolute atomic E-state index is 0.0844. The average molecular weight is 426 g/mol. The van der Waals surface area contributed by atoms with Crippen molar-refractivity contribution in [1.82, 2.24) is 9.55 Å². The van der Waals surface area contributed by atoms with Gasteiger partial charge in [0.2, 0.25) is 0 Å². The summed E-state index contributed by atoms with van der Waals surface area (Å²) in [6.07, 6.45) is 5.50. The first-order chi connectivity index (χ1) is 14.6. The molecular weight excluding hydrogens is 396 g/mol. The summed E-state index contributed by atoms with van der Waals surface area (Å²) in [7, 11) is 0. The number of aliphatic hydroxyl groups is 1. The zero-order chi connectivity index (χ0) is 20.9. The SMILES string of the molecule is O=c1[nH]c(=O)n([C@@H]2O[C@H](COC3CCCCO3)CC2OC2CCCCO2)cc1CO. The smallest absolute Gasteiger partial charge is 0.330 e. The fourth-order valence-electron chi connectivity index (χ4n) is 4.09. The van der Waals surface area contributed by atoms with Crippen LogP contribution in [-0.4, -0.2) is 59.3 Å². The first-order valence-corrected chi connectivity index (χ1v) is 10.7. The van der Waals surface area contributed by atoms with E-state index in [4.69, 9.17) is 23.7 Å². The molecule has 0 bridgehead atoms. The standard InChI is InChI=1S/C20H30N2O8/c23-11-13-10-22(20(25)21-18(13)24)19-15(30-17-6-2-4-8-27-17)9-14(29-19)12-28-16-5-1-3-7-26-16/h10,14-17,19,23H,1-9,11-12H2,(H,21,24,25)/t14-,15?,16?,17?,19+/m0/s1. The van der Waals surface area contributed by atoms with Crippen LogP contribution in [0, 0.1) is 0 Å². The molecule has 4 heterocycles. The van der Waals surface area contributed by atoms with Crippen molar-refractivity contribution in [2.75, 3.05) is 19.8 Å². The number of nitrogens with zero attached hydrogens (tertiary/aromatic N) is 1. The monoisotopic (exact) mass is 426 g/mol. The van der Waals surface area contributed by atoms with Crippen molar-refractivity contribution < 1.29 is 28.8 Å². The molecule has 10 heteroatoms. The number of ether oxygens (including phenoxy) is 5. The summed E-state index contributed by atoms with van der Waals surface area (Å²) in [5, 5.41) is 9.42. The maximum atomic E-state index is 12.5. The van der Waals surface area contributed by atoms with Gasteiger partial charge in [0.25, 0.3) is 5.56 Å². The number of hydrogen-bond acceptors (Lipinski definition) is 8. The van der Waals surface area contributed by atoms with Gasteiger partial charge < -0.3 is 28.8 Å². The Hall–Kier alpha value is -1.56. The average Bonchev–Trinajstić information content (AvgIpc) is 3.16. The van der Waals surface area contributed by atoms with Gasteiger partial charge in [0.1, 0.15) is 6.10 Å². The molecule has 0 aliphatic carbocycles. The highest BCUT2D eigenvalue weighted by molar-refractivity contribution is 5.04. The van der Waals surface area contributed by atoms with Crippen LogP contribution < -0.4 is 11.2 Å². The van der Waals surface area contributed by atoms with E-state index >= 15 is 0 Å². The highest BCUT2D eigenvalue weighted by atomic mass is 16.7. The van der Waals surface area contributed by atoms with Gasteiger partial charge in [-0.2, -0.15) is 0 Å². The third-order valence-corrected chi connectivity index (χ3v) is 5.70. The lowest BCUT2D eigenvalue weighted by molar-refractivity contribution is -0.207. The molecule has 1 aromatic heterocycles. The van der Waals surface area contributed by atoms with E-state index in [0.717, 1.165) is 38.5 Å². The molecule has 3 saturated heterocycles. The van der Waals surface area contributed by atoms with Crippen molar-refractivity contribution in [3.63, 3.8) is 0 Å². The molecule has 4 rings (SSSR count). The van der Waals surface area contributed by atoms with E-state index in [1.54, 1.807) is 0 Å². The second-order valence-corrected chi connectivity index (χ2v) is 7.96. The number of nitrogens with one attached hydrogen (secondary N) is 1. The van der Waals surface area contributed by atoms with Crippen molar-refractivity contribution in [3.8, 4) is 0 Å². The summed E-state index contributed by atoms with van der Waals surface area (Å²) < 4.78 is 30.7. The van der Waals surface area contributed by atoms with Crippen LogP contribution in [0.5, 0.6) is 0 Å². The van der Waals surface area contributed by atoms with Gasteiger partial charge in [-0.15, -0.1) is 0 Å². The molecule has 2 N–H and O–H groups in total. The van der Waals surface area contributed by atoms with E-state index in [0.29, 0.717) is 26.2 Å². The van der Waals surface area contributed by atoms with Gasteiger partial charge in [0.05, 0.1) is 24.9 Å². The largest absolute Gasteiger partial charge is 0.391 e. The number of aromatic amines is 1. The number of aliphatic hydroxyl groups excluding tert-OH is 1. The Morgan fingerprint density at radius 3 is 2.50 bits per heavy atom. The van der Waals surface area contributed by atoms with Crippen LogP contribution in [-0.2, 0) is 30.3 Å². The van der Waals surface area contributed by atoms with Gasteiger partial charge in [0, 0.05) is 25.8 Å². The van der Waals surface area contributed by atoms with Gasteiger partial charge in [-0.05, 0) is 38.5 Å². The molecule has 5 atom stereocenters. The van der Waals surface area contributed by atoms with E-state index in [9.17, 15) is 14.7 Å². The summed E-state index contributed by atoms with van der Waals surface area (Å²) in [6.45, 7) is 1.17. The molecule has 168 valence electrons. The molecular formula is C20H30N2O8. The van der Waals surface area contributed by atoms with Gasteiger partial charge in [-0.3, -0.25) is 14.3 Å². The number of hydrogen-bond donors (Lipinski definition) is 2. The molecule has 10 nitrogen and oxygen atoms in total. The second kappa shape index (κ2) is 10.2. The van der Waals surface area contributed by atoms with Crippen molar-refractivity contribution in [1.29, 1.82) is 0 Å². The molecule has 0 spiro atoms. The summed E-state index contributed by atoms with van der Waals surface area (Å²) in [4.78, 5) is 26.5. The minimum atomic E-state index is -0.758. The van der Waals surface area contributed by atoms with Gasteiger partial charge in [-0.25, -0.2) is 4.79 Å². The summed E-state index contributed by atoms with van der Waals surface area (Å²) in [5.74, 6) is 0. The summed E-state index contributed by atoms with van der Waals surface area (Å²) >= 11 is 0. The Balaban J connectivity index is 1.49. The molecule has 30 heavy (non-hydrogen) atoms. The van der Waals surface area contributed by atoms with Crippen LogP contribution >= 0.6 is 0 Å². The minimum Gasteiger partial charge on any atom is -0.391 e. The van der Waals surface area contributed by atoms with Crippen LogP contribution in [0.1, 0.15) is 56.7 Å².